The van der Waals surface area contributed by atoms with E-state index in [2.05, 4.69) is 11.4 Å². The summed E-state index contributed by atoms with van der Waals surface area (Å²) < 4.78 is 13.6. The fourth-order valence-corrected chi connectivity index (χ4v) is 2.47. The van der Waals surface area contributed by atoms with Crippen LogP contribution in [0.25, 0.3) is 0 Å². The number of nitrogens with zero attached hydrogens (tertiary/aromatic N) is 2. The Morgan fingerprint density at radius 1 is 1.33 bits per heavy atom. The van der Waals surface area contributed by atoms with Crippen LogP contribution in [-0.2, 0) is 13.1 Å². The smallest absolute Gasteiger partial charge is 0.127 e. The van der Waals surface area contributed by atoms with Crippen LogP contribution in [0.3, 0.4) is 0 Å². The maximum Gasteiger partial charge on any atom is 0.127 e. The molecule has 4 heteroatoms. The van der Waals surface area contributed by atoms with Crippen LogP contribution < -0.4 is 0 Å². The third-order valence-electron chi connectivity index (χ3n) is 2.65. The fourth-order valence-electron chi connectivity index (χ4n) is 1.81. The van der Waals surface area contributed by atoms with Gasteiger partial charge in [-0.05, 0) is 47.6 Å². The summed E-state index contributed by atoms with van der Waals surface area (Å²) in [5, 5.41) is 12.9. The molecule has 0 aliphatic rings. The van der Waals surface area contributed by atoms with Crippen molar-refractivity contribution in [3.05, 3.63) is 57.5 Å². The average Bonchev–Trinajstić information content (AvgIpc) is 2.84. The monoisotopic (exact) mass is 260 g/mol. The predicted octanol–water partition coefficient (Wildman–Crippen LogP) is 3.39. The Kier molecular flexibility index (Phi) is 4.08. The second-order valence-electron chi connectivity index (χ2n) is 4.22. The first-order valence-corrected chi connectivity index (χ1v) is 6.51. The standard InChI is InChI=1S/C14H13FN2S/c1-17(8-12-4-5-18-10-12)9-13-6-11(7-16)2-3-14(13)15/h2-6,10H,8-9H2,1H3. The SMILES string of the molecule is CN(Cc1ccsc1)Cc1cc(C#N)ccc1F. The molecule has 18 heavy (non-hydrogen) atoms. The zero-order valence-electron chi connectivity index (χ0n) is 10.1. The van der Waals surface area contributed by atoms with E-state index in [1.807, 2.05) is 23.4 Å². The Morgan fingerprint density at radius 3 is 2.83 bits per heavy atom. The van der Waals surface area contributed by atoms with Gasteiger partial charge in [-0.15, -0.1) is 0 Å². The summed E-state index contributed by atoms with van der Waals surface area (Å²) in [6, 6.07) is 8.55. The molecule has 1 aromatic carbocycles. The van der Waals surface area contributed by atoms with Crippen LogP contribution in [0.1, 0.15) is 16.7 Å². The van der Waals surface area contributed by atoms with E-state index in [1.165, 1.54) is 17.7 Å². The van der Waals surface area contributed by atoms with Gasteiger partial charge in [-0.25, -0.2) is 4.39 Å². The van der Waals surface area contributed by atoms with Crippen molar-refractivity contribution in [3.63, 3.8) is 0 Å². The quantitative estimate of drug-likeness (QED) is 0.842. The lowest BCUT2D eigenvalue weighted by molar-refractivity contribution is 0.314. The molecule has 0 spiro atoms. The van der Waals surface area contributed by atoms with Gasteiger partial charge >= 0.3 is 0 Å². The van der Waals surface area contributed by atoms with E-state index in [0.29, 0.717) is 17.7 Å². The Bertz CT molecular complexity index is 558. The van der Waals surface area contributed by atoms with Crippen LogP contribution in [0, 0.1) is 17.1 Å². The largest absolute Gasteiger partial charge is 0.298 e. The van der Waals surface area contributed by atoms with Gasteiger partial charge in [0.25, 0.3) is 0 Å². The molecule has 0 fully saturated rings. The van der Waals surface area contributed by atoms with E-state index >= 15 is 0 Å². The zero-order chi connectivity index (χ0) is 13.0. The highest BCUT2D eigenvalue weighted by Crippen LogP contribution is 2.14. The third-order valence-corrected chi connectivity index (χ3v) is 3.38. The predicted molar refractivity (Wildman–Crippen MR) is 70.6 cm³/mol. The van der Waals surface area contributed by atoms with Crippen LogP contribution in [0.4, 0.5) is 4.39 Å². The highest BCUT2D eigenvalue weighted by atomic mass is 32.1. The van der Waals surface area contributed by atoms with E-state index in [0.717, 1.165) is 6.54 Å². The highest BCUT2D eigenvalue weighted by Gasteiger charge is 2.07. The first kappa shape index (κ1) is 12.7. The van der Waals surface area contributed by atoms with E-state index in [9.17, 15) is 4.39 Å². The van der Waals surface area contributed by atoms with Crippen molar-refractivity contribution in [2.45, 2.75) is 13.1 Å². The molecule has 0 atom stereocenters. The Balaban J connectivity index is 2.07. The van der Waals surface area contributed by atoms with Crippen LogP contribution in [0.5, 0.6) is 0 Å². The molecule has 92 valence electrons. The maximum absolute atomic E-state index is 13.6. The summed E-state index contributed by atoms with van der Waals surface area (Å²) in [5.74, 6) is -0.258. The summed E-state index contributed by atoms with van der Waals surface area (Å²) in [7, 11) is 1.94. The highest BCUT2D eigenvalue weighted by molar-refractivity contribution is 7.07. The van der Waals surface area contributed by atoms with Gasteiger partial charge in [-0.1, -0.05) is 0 Å². The number of hydrogen-bond acceptors (Lipinski definition) is 3. The molecule has 2 rings (SSSR count). The normalized spacial score (nSPS) is 10.6. The molecule has 1 heterocycles. The fraction of sp³-hybridized carbons (Fsp3) is 0.214. The molecule has 0 unspecified atom stereocenters. The number of thiophene rings is 1. The lowest BCUT2D eigenvalue weighted by Gasteiger charge is -2.16. The van der Waals surface area contributed by atoms with Gasteiger partial charge in [0.05, 0.1) is 11.6 Å². The van der Waals surface area contributed by atoms with Crippen molar-refractivity contribution < 1.29 is 4.39 Å². The second kappa shape index (κ2) is 5.76. The molecular formula is C14H13FN2S. The van der Waals surface area contributed by atoms with Gasteiger partial charge < -0.3 is 0 Å². The van der Waals surface area contributed by atoms with Crippen LogP contribution in [0.15, 0.2) is 35.0 Å². The maximum atomic E-state index is 13.6. The lowest BCUT2D eigenvalue weighted by Crippen LogP contribution is -2.17. The van der Waals surface area contributed by atoms with E-state index in [4.69, 9.17) is 5.26 Å². The lowest BCUT2D eigenvalue weighted by atomic mass is 10.1. The van der Waals surface area contributed by atoms with Gasteiger partial charge in [0.15, 0.2) is 0 Å². The van der Waals surface area contributed by atoms with E-state index < -0.39 is 0 Å². The van der Waals surface area contributed by atoms with Crippen molar-refractivity contribution in [1.82, 2.24) is 4.90 Å². The molecule has 0 aliphatic carbocycles. The molecule has 2 nitrogen and oxygen atoms in total. The molecule has 2 aromatic rings. The van der Waals surface area contributed by atoms with E-state index in [1.54, 1.807) is 17.4 Å². The topological polar surface area (TPSA) is 27.0 Å². The van der Waals surface area contributed by atoms with Gasteiger partial charge in [0.2, 0.25) is 0 Å². The van der Waals surface area contributed by atoms with E-state index in [-0.39, 0.29) is 5.82 Å². The van der Waals surface area contributed by atoms with Crippen LogP contribution in [0.2, 0.25) is 0 Å². The third kappa shape index (κ3) is 3.16. The molecule has 0 bridgehead atoms. The summed E-state index contributed by atoms with van der Waals surface area (Å²) in [6.07, 6.45) is 0. The first-order chi connectivity index (χ1) is 8.69. The van der Waals surface area contributed by atoms with Gasteiger partial charge in [-0.2, -0.15) is 16.6 Å². The minimum absolute atomic E-state index is 0.258. The van der Waals surface area contributed by atoms with Crippen molar-refractivity contribution in [1.29, 1.82) is 5.26 Å². The minimum Gasteiger partial charge on any atom is -0.298 e. The second-order valence-corrected chi connectivity index (χ2v) is 5.00. The summed E-state index contributed by atoms with van der Waals surface area (Å²) >= 11 is 1.65. The summed E-state index contributed by atoms with van der Waals surface area (Å²) in [6.45, 7) is 1.27. The Labute approximate surface area is 110 Å². The number of halogens is 1. The molecule has 0 aliphatic heterocycles. The number of nitriles is 1. The minimum atomic E-state index is -0.258. The molecule has 0 N–H and O–H groups in total. The van der Waals surface area contributed by atoms with Gasteiger partial charge in [0.1, 0.15) is 5.82 Å². The molecule has 0 saturated heterocycles. The summed E-state index contributed by atoms with van der Waals surface area (Å²) in [4.78, 5) is 2.03. The van der Waals surface area contributed by atoms with Crippen LogP contribution >= 0.6 is 11.3 Å². The van der Waals surface area contributed by atoms with Crippen molar-refractivity contribution in [2.24, 2.45) is 0 Å². The first-order valence-electron chi connectivity index (χ1n) is 5.57. The van der Waals surface area contributed by atoms with Crippen molar-refractivity contribution in [3.8, 4) is 6.07 Å². The van der Waals surface area contributed by atoms with Crippen molar-refractivity contribution in [2.75, 3.05) is 7.05 Å². The number of benzene rings is 1. The number of hydrogen-bond donors (Lipinski definition) is 0. The van der Waals surface area contributed by atoms with Gasteiger partial charge in [-0.3, -0.25) is 4.90 Å². The average molecular weight is 260 g/mol. The van der Waals surface area contributed by atoms with Gasteiger partial charge in [0, 0.05) is 18.7 Å². The molecule has 0 saturated carbocycles. The Morgan fingerprint density at radius 2 is 2.17 bits per heavy atom. The zero-order valence-corrected chi connectivity index (χ0v) is 10.9. The van der Waals surface area contributed by atoms with Crippen LogP contribution in [-0.4, -0.2) is 11.9 Å². The van der Waals surface area contributed by atoms with Crippen molar-refractivity contribution >= 4 is 11.3 Å². The molecular weight excluding hydrogens is 247 g/mol. The Hall–Kier alpha value is -1.70. The molecule has 1 aromatic heterocycles. The molecule has 0 radical (unpaired) electrons. The number of rotatable bonds is 4. The summed E-state index contributed by atoms with van der Waals surface area (Å²) in [5.41, 5.74) is 2.28. The molecule has 0 amide bonds.